The second kappa shape index (κ2) is 8.85. The number of benzene rings is 2. The first-order valence-electron chi connectivity index (χ1n) is 7.74. The number of rotatable bonds is 7. The quantitative estimate of drug-likeness (QED) is 0.779. The number of carbonyl (C=O) groups is 1. The van der Waals surface area contributed by atoms with E-state index in [0.29, 0.717) is 13.0 Å². The van der Waals surface area contributed by atoms with Crippen molar-refractivity contribution in [3.63, 3.8) is 0 Å². The summed E-state index contributed by atoms with van der Waals surface area (Å²) in [5, 5.41) is 12.5. The molecule has 23 heavy (non-hydrogen) atoms. The van der Waals surface area contributed by atoms with Crippen LogP contribution in [0.1, 0.15) is 16.7 Å². The molecule has 2 rings (SSSR count). The average Bonchev–Trinajstić information content (AvgIpc) is 2.51. The average molecular weight is 376 g/mol. The molecule has 0 saturated carbocycles. The molecule has 2 aromatic carbocycles. The second-order valence-electron chi connectivity index (χ2n) is 5.85. The molecular weight excluding hydrogens is 354 g/mol. The zero-order chi connectivity index (χ0) is 16.7. The number of aliphatic hydroxyl groups excluding tert-OH is 1. The summed E-state index contributed by atoms with van der Waals surface area (Å²) in [6, 6.07) is 16.0. The van der Waals surface area contributed by atoms with Gasteiger partial charge < -0.3 is 10.4 Å². The fraction of sp³-hybridized carbons (Fsp3) is 0.316. The highest BCUT2D eigenvalue weighted by atomic mass is 79.9. The molecule has 0 unspecified atom stereocenters. The summed E-state index contributed by atoms with van der Waals surface area (Å²) in [7, 11) is 0. The number of hydrogen-bond acceptors (Lipinski definition) is 2. The van der Waals surface area contributed by atoms with Gasteiger partial charge in [-0.1, -0.05) is 57.9 Å². The summed E-state index contributed by atoms with van der Waals surface area (Å²) in [6.45, 7) is 2.55. The van der Waals surface area contributed by atoms with Gasteiger partial charge in [-0.3, -0.25) is 4.79 Å². The Hall–Kier alpha value is -1.65. The summed E-state index contributed by atoms with van der Waals surface area (Å²) < 4.78 is 1.02. The maximum absolute atomic E-state index is 12.1. The van der Waals surface area contributed by atoms with Crippen molar-refractivity contribution < 1.29 is 9.90 Å². The Balaban J connectivity index is 1.84. The van der Waals surface area contributed by atoms with Gasteiger partial charge in [0.05, 0.1) is 6.42 Å². The molecule has 1 amide bonds. The van der Waals surface area contributed by atoms with Crippen LogP contribution in [0.3, 0.4) is 0 Å². The Labute approximate surface area is 145 Å². The zero-order valence-corrected chi connectivity index (χ0v) is 14.8. The standard InChI is InChI=1S/C19H22BrNO2/c1-14-4-2-5-15(8-14)11-19(23)21-12-17(13-22)9-16-6-3-7-18(20)10-16/h2-8,10,17,22H,9,11-13H2,1H3,(H,21,23)/t17-/m1/s1. The predicted molar refractivity (Wildman–Crippen MR) is 96.3 cm³/mol. The lowest BCUT2D eigenvalue weighted by molar-refractivity contribution is -0.120. The molecule has 0 saturated heterocycles. The molecule has 2 aromatic rings. The first kappa shape index (κ1) is 17.7. The Bertz CT molecular complexity index is 657. The van der Waals surface area contributed by atoms with E-state index in [1.54, 1.807) is 0 Å². The van der Waals surface area contributed by atoms with E-state index in [0.717, 1.165) is 27.6 Å². The summed E-state index contributed by atoms with van der Waals surface area (Å²) in [6.07, 6.45) is 1.11. The minimum atomic E-state index is -0.0108. The zero-order valence-electron chi connectivity index (χ0n) is 13.3. The molecule has 4 heteroatoms. The molecule has 0 spiro atoms. The Morgan fingerprint density at radius 1 is 1.17 bits per heavy atom. The van der Waals surface area contributed by atoms with E-state index in [1.807, 2.05) is 55.5 Å². The lowest BCUT2D eigenvalue weighted by Crippen LogP contribution is -2.32. The van der Waals surface area contributed by atoms with Gasteiger partial charge in [0.15, 0.2) is 0 Å². The van der Waals surface area contributed by atoms with E-state index in [9.17, 15) is 9.90 Å². The molecular formula is C19H22BrNO2. The van der Waals surface area contributed by atoms with Crippen LogP contribution in [0.5, 0.6) is 0 Å². The molecule has 0 aliphatic carbocycles. The number of nitrogens with one attached hydrogen (secondary N) is 1. The van der Waals surface area contributed by atoms with Crippen molar-refractivity contribution in [1.82, 2.24) is 5.32 Å². The van der Waals surface area contributed by atoms with Crippen LogP contribution in [0.15, 0.2) is 53.0 Å². The fourth-order valence-corrected chi connectivity index (χ4v) is 2.97. The second-order valence-corrected chi connectivity index (χ2v) is 6.77. The smallest absolute Gasteiger partial charge is 0.224 e. The fourth-order valence-electron chi connectivity index (χ4n) is 2.53. The van der Waals surface area contributed by atoms with Gasteiger partial charge in [-0.05, 0) is 36.6 Å². The van der Waals surface area contributed by atoms with Crippen LogP contribution in [0.2, 0.25) is 0 Å². The van der Waals surface area contributed by atoms with Gasteiger partial charge in [0.1, 0.15) is 0 Å². The summed E-state index contributed by atoms with van der Waals surface area (Å²) in [5.41, 5.74) is 3.31. The van der Waals surface area contributed by atoms with Crippen LogP contribution in [0.25, 0.3) is 0 Å². The van der Waals surface area contributed by atoms with Crippen molar-refractivity contribution in [2.45, 2.75) is 19.8 Å². The Morgan fingerprint density at radius 3 is 2.61 bits per heavy atom. The summed E-state index contributed by atoms with van der Waals surface area (Å²) >= 11 is 3.45. The third-order valence-corrected chi connectivity index (χ3v) is 4.20. The lowest BCUT2D eigenvalue weighted by Gasteiger charge is -2.15. The summed E-state index contributed by atoms with van der Waals surface area (Å²) in [4.78, 5) is 12.1. The van der Waals surface area contributed by atoms with Gasteiger partial charge in [-0.25, -0.2) is 0 Å². The number of aryl methyl sites for hydroxylation is 1. The van der Waals surface area contributed by atoms with Crippen molar-refractivity contribution in [2.75, 3.05) is 13.2 Å². The third kappa shape index (κ3) is 6.16. The minimum Gasteiger partial charge on any atom is -0.396 e. The number of halogens is 1. The van der Waals surface area contributed by atoms with Crippen LogP contribution >= 0.6 is 15.9 Å². The third-order valence-electron chi connectivity index (χ3n) is 3.71. The van der Waals surface area contributed by atoms with Gasteiger partial charge in [0.2, 0.25) is 5.91 Å². The maximum Gasteiger partial charge on any atom is 0.224 e. The molecule has 0 bridgehead atoms. The first-order chi connectivity index (χ1) is 11.1. The molecule has 1 atom stereocenters. The van der Waals surface area contributed by atoms with Gasteiger partial charge in [0, 0.05) is 23.5 Å². The topological polar surface area (TPSA) is 49.3 Å². The van der Waals surface area contributed by atoms with Crippen molar-refractivity contribution in [3.05, 3.63) is 69.7 Å². The van der Waals surface area contributed by atoms with Crippen LogP contribution in [0.4, 0.5) is 0 Å². The van der Waals surface area contributed by atoms with Crippen LogP contribution in [0, 0.1) is 12.8 Å². The number of amides is 1. The van der Waals surface area contributed by atoms with E-state index in [4.69, 9.17) is 0 Å². The van der Waals surface area contributed by atoms with E-state index in [1.165, 1.54) is 0 Å². The van der Waals surface area contributed by atoms with E-state index in [2.05, 4.69) is 21.2 Å². The summed E-state index contributed by atoms with van der Waals surface area (Å²) in [5.74, 6) is 0.00838. The molecule has 0 aliphatic heterocycles. The molecule has 0 aromatic heterocycles. The van der Waals surface area contributed by atoms with E-state index in [-0.39, 0.29) is 18.4 Å². The molecule has 3 nitrogen and oxygen atoms in total. The maximum atomic E-state index is 12.1. The molecule has 122 valence electrons. The normalized spacial score (nSPS) is 12.0. The molecule has 2 N–H and O–H groups in total. The van der Waals surface area contributed by atoms with Gasteiger partial charge >= 0.3 is 0 Å². The molecule has 0 aliphatic rings. The molecule has 0 radical (unpaired) electrons. The monoisotopic (exact) mass is 375 g/mol. The highest BCUT2D eigenvalue weighted by molar-refractivity contribution is 9.10. The molecule has 0 fully saturated rings. The van der Waals surface area contributed by atoms with Crippen molar-refractivity contribution in [3.8, 4) is 0 Å². The minimum absolute atomic E-state index is 0.0108. The van der Waals surface area contributed by atoms with Crippen molar-refractivity contribution in [1.29, 1.82) is 0 Å². The number of carbonyl (C=O) groups excluding carboxylic acids is 1. The SMILES string of the molecule is Cc1cccc(CC(=O)NC[C@H](CO)Cc2cccc(Br)c2)c1. The van der Waals surface area contributed by atoms with Crippen molar-refractivity contribution in [2.24, 2.45) is 5.92 Å². The van der Waals surface area contributed by atoms with Crippen LogP contribution < -0.4 is 5.32 Å². The van der Waals surface area contributed by atoms with Crippen molar-refractivity contribution >= 4 is 21.8 Å². The van der Waals surface area contributed by atoms with Gasteiger partial charge in [-0.2, -0.15) is 0 Å². The largest absolute Gasteiger partial charge is 0.396 e. The number of hydrogen-bond donors (Lipinski definition) is 2. The predicted octanol–water partition coefficient (Wildman–Crippen LogP) is 3.27. The highest BCUT2D eigenvalue weighted by Crippen LogP contribution is 2.15. The van der Waals surface area contributed by atoms with E-state index < -0.39 is 0 Å². The Kier molecular flexibility index (Phi) is 6.81. The van der Waals surface area contributed by atoms with Gasteiger partial charge in [-0.15, -0.1) is 0 Å². The number of aliphatic hydroxyl groups is 1. The van der Waals surface area contributed by atoms with E-state index >= 15 is 0 Å². The highest BCUT2D eigenvalue weighted by Gasteiger charge is 2.11. The molecule has 0 heterocycles. The Morgan fingerprint density at radius 2 is 1.91 bits per heavy atom. The van der Waals surface area contributed by atoms with Crippen LogP contribution in [-0.2, 0) is 17.6 Å². The van der Waals surface area contributed by atoms with Gasteiger partial charge in [0.25, 0.3) is 0 Å². The van der Waals surface area contributed by atoms with Crippen LogP contribution in [-0.4, -0.2) is 24.2 Å². The lowest BCUT2D eigenvalue weighted by atomic mass is 10.00. The first-order valence-corrected chi connectivity index (χ1v) is 8.53.